The lowest BCUT2D eigenvalue weighted by Gasteiger charge is -2.08. The molecular weight excluding hydrogens is 332 g/mol. The average Bonchev–Trinajstić information content (AvgIpc) is 3.05. The Bertz CT molecular complexity index is 904. The second-order valence-electron chi connectivity index (χ2n) is 5.94. The van der Waals surface area contributed by atoms with Gasteiger partial charge in [0, 0.05) is 11.3 Å². The summed E-state index contributed by atoms with van der Waals surface area (Å²) < 4.78 is 0. The van der Waals surface area contributed by atoms with Crippen molar-refractivity contribution in [2.45, 2.75) is 25.9 Å². The first kappa shape index (κ1) is 17.2. The van der Waals surface area contributed by atoms with E-state index in [0.29, 0.717) is 5.16 Å². The summed E-state index contributed by atoms with van der Waals surface area (Å²) in [6.45, 7) is 6.01. The van der Waals surface area contributed by atoms with Crippen molar-refractivity contribution < 1.29 is 4.79 Å². The van der Waals surface area contributed by atoms with E-state index in [-0.39, 0.29) is 11.7 Å². The first-order valence-electron chi connectivity index (χ1n) is 8.01. The van der Waals surface area contributed by atoms with E-state index in [2.05, 4.69) is 20.5 Å². The van der Waals surface area contributed by atoms with Crippen LogP contribution in [0.2, 0.25) is 0 Å². The van der Waals surface area contributed by atoms with Gasteiger partial charge in [-0.1, -0.05) is 48.2 Å². The van der Waals surface area contributed by atoms with Gasteiger partial charge in [0.25, 0.3) is 0 Å². The van der Waals surface area contributed by atoms with Gasteiger partial charge in [0.1, 0.15) is 0 Å². The van der Waals surface area contributed by atoms with Crippen molar-refractivity contribution in [2.24, 2.45) is 0 Å². The van der Waals surface area contributed by atoms with Crippen molar-refractivity contribution >= 4 is 23.4 Å². The van der Waals surface area contributed by atoms with E-state index in [0.717, 1.165) is 33.8 Å². The van der Waals surface area contributed by atoms with Gasteiger partial charge in [-0.15, -0.1) is 5.10 Å². The van der Waals surface area contributed by atoms with Gasteiger partial charge >= 0.3 is 0 Å². The number of aryl methyl sites for hydroxylation is 3. The van der Waals surface area contributed by atoms with Crippen LogP contribution < -0.4 is 5.32 Å². The quantitative estimate of drug-likeness (QED) is 0.678. The van der Waals surface area contributed by atoms with Crippen LogP contribution in [0.4, 0.5) is 5.69 Å². The zero-order valence-electron chi connectivity index (χ0n) is 14.5. The molecule has 0 aliphatic rings. The third-order valence-electron chi connectivity index (χ3n) is 3.86. The highest BCUT2D eigenvalue weighted by atomic mass is 32.2. The SMILES string of the molecule is Cc1ccc(C)c(NC(=O)CSc2n[nH]c(-c3ccccc3C)n2)c1. The maximum atomic E-state index is 12.2. The molecule has 0 aliphatic heterocycles. The fourth-order valence-electron chi connectivity index (χ4n) is 2.46. The third-order valence-corrected chi connectivity index (χ3v) is 4.71. The number of amides is 1. The number of thioether (sulfide) groups is 1. The van der Waals surface area contributed by atoms with E-state index < -0.39 is 0 Å². The smallest absolute Gasteiger partial charge is 0.234 e. The summed E-state index contributed by atoms with van der Waals surface area (Å²) in [7, 11) is 0. The normalized spacial score (nSPS) is 10.7. The lowest BCUT2D eigenvalue weighted by atomic mass is 10.1. The molecule has 6 heteroatoms. The maximum absolute atomic E-state index is 12.2. The molecule has 2 aromatic carbocycles. The molecule has 0 saturated carbocycles. The number of nitrogens with one attached hydrogen (secondary N) is 2. The van der Waals surface area contributed by atoms with Crippen LogP contribution in [-0.2, 0) is 4.79 Å². The number of aromatic nitrogens is 3. The molecule has 0 saturated heterocycles. The molecule has 3 rings (SSSR count). The lowest BCUT2D eigenvalue weighted by molar-refractivity contribution is -0.113. The predicted molar refractivity (Wildman–Crippen MR) is 102 cm³/mol. The van der Waals surface area contributed by atoms with Gasteiger partial charge in [-0.3, -0.25) is 9.89 Å². The minimum absolute atomic E-state index is 0.0686. The number of carbonyl (C=O) groups is 1. The van der Waals surface area contributed by atoms with E-state index >= 15 is 0 Å². The number of anilines is 1. The fourth-order valence-corrected chi connectivity index (χ4v) is 3.06. The molecule has 1 aromatic heterocycles. The molecule has 0 spiro atoms. The number of nitrogens with zero attached hydrogens (tertiary/aromatic N) is 2. The monoisotopic (exact) mass is 352 g/mol. The number of H-pyrrole nitrogens is 1. The Morgan fingerprint density at radius 1 is 1.12 bits per heavy atom. The van der Waals surface area contributed by atoms with Crippen LogP contribution in [0.15, 0.2) is 47.6 Å². The van der Waals surface area contributed by atoms with Crippen molar-refractivity contribution in [3.8, 4) is 11.4 Å². The van der Waals surface area contributed by atoms with Gasteiger partial charge in [-0.2, -0.15) is 0 Å². The van der Waals surface area contributed by atoms with E-state index in [1.165, 1.54) is 11.8 Å². The molecule has 128 valence electrons. The maximum Gasteiger partial charge on any atom is 0.234 e. The van der Waals surface area contributed by atoms with Gasteiger partial charge in [-0.25, -0.2) is 4.98 Å². The van der Waals surface area contributed by atoms with Gasteiger partial charge in [0.15, 0.2) is 5.82 Å². The van der Waals surface area contributed by atoms with E-state index in [1.54, 1.807) is 0 Å². The number of carbonyl (C=O) groups excluding carboxylic acids is 1. The number of rotatable bonds is 5. The first-order valence-corrected chi connectivity index (χ1v) is 9.00. The van der Waals surface area contributed by atoms with Crippen LogP contribution in [0.3, 0.4) is 0 Å². The highest BCUT2D eigenvalue weighted by Crippen LogP contribution is 2.22. The summed E-state index contributed by atoms with van der Waals surface area (Å²) in [6.07, 6.45) is 0. The summed E-state index contributed by atoms with van der Waals surface area (Å²) in [5.74, 6) is 0.912. The van der Waals surface area contributed by atoms with Crippen LogP contribution >= 0.6 is 11.8 Å². The number of aromatic amines is 1. The molecular formula is C19H20N4OS. The number of hydrogen-bond donors (Lipinski definition) is 2. The average molecular weight is 352 g/mol. The Kier molecular flexibility index (Phi) is 5.19. The van der Waals surface area contributed by atoms with Gasteiger partial charge in [0.2, 0.25) is 11.1 Å². The Morgan fingerprint density at radius 3 is 2.72 bits per heavy atom. The van der Waals surface area contributed by atoms with Crippen LogP contribution in [0.25, 0.3) is 11.4 Å². The highest BCUT2D eigenvalue weighted by Gasteiger charge is 2.11. The summed E-state index contributed by atoms with van der Waals surface area (Å²) >= 11 is 1.31. The Labute approximate surface area is 151 Å². The molecule has 0 fully saturated rings. The van der Waals surface area contributed by atoms with E-state index in [1.807, 2.05) is 63.2 Å². The van der Waals surface area contributed by atoms with E-state index in [9.17, 15) is 4.79 Å². The van der Waals surface area contributed by atoms with Crippen molar-refractivity contribution in [1.82, 2.24) is 15.2 Å². The van der Waals surface area contributed by atoms with Gasteiger partial charge in [0.05, 0.1) is 5.75 Å². The molecule has 2 N–H and O–H groups in total. The Balaban J connectivity index is 1.61. The largest absolute Gasteiger partial charge is 0.325 e. The zero-order chi connectivity index (χ0) is 17.8. The Morgan fingerprint density at radius 2 is 1.92 bits per heavy atom. The molecule has 0 bridgehead atoms. The summed E-state index contributed by atoms with van der Waals surface area (Å²) in [4.78, 5) is 16.7. The third kappa shape index (κ3) is 4.28. The van der Waals surface area contributed by atoms with Crippen LogP contribution in [-0.4, -0.2) is 26.8 Å². The topological polar surface area (TPSA) is 70.7 Å². The molecule has 1 heterocycles. The number of hydrogen-bond acceptors (Lipinski definition) is 4. The minimum atomic E-state index is -0.0686. The van der Waals surface area contributed by atoms with Crippen molar-refractivity contribution in [1.29, 1.82) is 0 Å². The zero-order valence-corrected chi connectivity index (χ0v) is 15.3. The molecule has 0 atom stereocenters. The molecule has 5 nitrogen and oxygen atoms in total. The van der Waals surface area contributed by atoms with Crippen molar-refractivity contribution in [2.75, 3.05) is 11.1 Å². The molecule has 25 heavy (non-hydrogen) atoms. The van der Waals surface area contributed by atoms with Crippen LogP contribution in [0.5, 0.6) is 0 Å². The van der Waals surface area contributed by atoms with Crippen LogP contribution in [0, 0.1) is 20.8 Å². The lowest BCUT2D eigenvalue weighted by Crippen LogP contribution is -2.15. The molecule has 0 unspecified atom stereocenters. The second kappa shape index (κ2) is 7.53. The summed E-state index contributed by atoms with van der Waals surface area (Å²) in [5.41, 5.74) is 5.15. The van der Waals surface area contributed by atoms with Gasteiger partial charge in [-0.05, 0) is 43.5 Å². The minimum Gasteiger partial charge on any atom is -0.325 e. The molecule has 3 aromatic rings. The van der Waals surface area contributed by atoms with Crippen LogP contribution in [0.1, 0.15) is 16.7 Å². The predicted octanol–water partition coefficient (Wildman–Crippen LogP) is 4.13. The number of benzene rings is 2. The van der Waals surface area contributed by atoms with Gasteiger partial charge < -0.3 is 5.32 Å². The summed E-state index contributed by atoms with van der Waals surface area (Å²) in [5, 5.41) is 10.6. The standard InChI is InChI=1S/C19H20N4OS/c1-12-8-9-14(3)16(10-12)20-17(24)11-25-19-21-18(22-23-19)15-7-5-4-6-13(15)2/h4-10H,11H2,1-3H3,(H,20,24)(H,21,22,23). The summed E-state index contributed by atoms with van der Waals surface area (Å²) in [6, 6.07) is 14.0. The highest BCUT2D eigenvalue weighted by molar-refractivity contribution is 7.99. The van der Waals surface area contributed by atoms with Crippen molar-refractivity contribution in [3.05, 3.63) is 59.2 Å². The molecule has 0 radical (unpaired) electrons. The second-order valence-corrected chi connectivity index (χ2v) is 6.88. The first-order chi connectivity index (χ1) is 12.0. The molecule has 0 aliphatic carbocycles. The van der Waals surface area contributed by atoms with E-state index in [4.69, 9.17) is 0 Å². The molecule has 1 amide bonds. The fraction of sp³-hybridized carbons (Fsp3) is 0.211. The van der Waals surface area contributed by atoms with Crippen molar-refractivity contribution in [3.63, 3.8) is 0 Å². The Hall–Kier alpha value is -2.60.